The van der Waals surface area contributed by atoms with Crippen LogP contribution < -0.4 is 5.32 Å². The Kier molecular flexibility index (Phi) is 5.97. The standard InChI is InChI=1S/C13H25NO5S/c1-13(2,3)12(15)19-11-5-7-14-9-10(11)6-8-18-20(4,16)17/h10-11,14H,5-9H2,1-4H3. The predicted octanol–water partition coefficient (Wildman–Crippen LogP) is 0.920. The van der Waals surface area contributed by atoms with Crippen LogP contribution >= 0.6 is 0 Å². The minimum atomic E-state index is -3.42. The number of esters is 1. The number of piperidine rings is 1. The van der Waals surface area contributed by atoms with Gasteiger partial charge in [-0.05, 0) is 40.2 Å². The summed E-state index contributed by atoms with van der Waals surface area (Å²) >= 11 is 0. The van der Waals surface area contributed by atoms with Crippen LogP contribution in [-0.4, -0.2) is 46.4 Å². The lowest BCUT2D eigenvalue weighted by Gasteiger charge is -2.33. The zero-order chi connectivity index (χ0) is 15.4. The van der Waals surface area contributed by atoms with Gasteiger partial charge < -0.3 is 10.1 Å². The van der Waals surface area contributed by atoms with E-state index in [1.54, 1.807) is 0 Å². The van der Waals surface area contributed by atoms with Crippen LogP contribution in [0.2, 0.25) is 0 Å². The fraction of sp³-hybridized carbons (Fsp3) is 0.923. The second kappa shape index (κ2) is 6.87. The van der Waals surface area contributed by atoms with Crippen molar-refractivity contribution in [3.05, 3.63) is 0 Å². The maximum atomic E-state index is 11.9. The van der Waals surface area contributed by atoms with Crippen LogP contribution in [-0.2, 0) is 23.8 Å². The van der Waals surface area contributed by atoms with Gasteiger partial charge >= 0.3 is 5.97 Å². The van der Waals surface area contributed by atoms with Gasteiger partial charge in [0.15, 0.2) is 0 Å². The number of hydrogen-bond donors (Lipinski definition) is 1. The van der Waals surface area contributed by atoms with Gasteiger partial charge in [0.25, 0.3) is 10.1 Å². The van der Waals surface area contributed by atoms with Crippen molar-refractivity contribution in [3.8, 4) is 0 Å². The molecule has 0 saturated carbocycles. The Morgan fingerprint density at radius 1 is 1.35 bits per heavy atom. The van der Waals surface area contributed by atoms with E-state index >= 15 is 0 Å². The Morgan fingerprint density at radius 2 is 2.00 bits per heavy atom. The van der Waals surface area contributed by atoms with E-state index in [2.05, 4.69) is 5.32 Å². The van der Waals surface area contributed by atoms with Crippen LogP contribution in [0.4, 0.5) is 0 Å². The molecule has 0 spiro atoms. The monoisotopic (exact) mass is 307 g/mol. The van der Waals surface area contributed by atoms with Crippen molar-refractivity contribution in [1.82, 2.24) is 5.32 Å². The summed E-state index contributed by atoms with van der Waals surface area (Å²) in [5.41, 5.74) is -0.529. The highest BCUT2D eigenvalue weighted by Gasteiger charge is 2.32. The van der Waals surface area contributed by atoms with E-state index in [-0.39, 0.29) is 24.6 Å². The first-order valence-corrected chi connectivity index (χ1v) is 8.67. The first kappa shape index (κ1) is 17.4. The van der Waals surface area contributed by atoms with Gasteiger partial charge in [0.2, 0.25) is 0 Å². The molecule has 7 heteroatoms. The highest BCUT2D eigenvalue weighted by Crippen LogP contribution is 2.23. The molecule has 0 radical (unpaired) electrons. The Morgan fingerprint density at radius 3 is 2.55 bits per heavy atom. The molecular formula is C13H25NO5S. The number of carbonyl (C=O) groups excluding carboxylic acids is 1. The average molecular weight is 307 g/mol. The molecule has 1 rings (SSSR count). The van der Waals surface area contributed by atoms with Crippen molar-refractivity contribution < 1.29 is 22.1 Å². The van der Waals surface area contributed by atoms with E-state index in [0.29, 0.717) is 13.0 Å². The van der Waals surface area contributed by atoms with Crippen molar-refractivity contribution >= 4 is 16.1 Å². The zero-order valence-corrected chi connectivity index (χ0v) is 13.5. The molecule has 1 aliphatic rings. The third kappa shape index (κ3) is 6.19. The summed E-state index contributed by atoms with van der Waals surface area (Å²) in [7, 11) is -3.42. The molecule has 2 unspecified atom stereocenters. The molecule has 1 N–H and O–H groups in total. The number of nitrogens with one attached hydrogen (secondary N) is 1. The summed E-state index contributed by atoms with van der Waals surface area (Å²) in [5.74, 6) is -0.143. The summed E-state index contributed by atoms with van der Waals surface area (Å²) in [5, 5.41) is 3.23. The van der Waals surface area contributed by atoms with Crippen LogP contribution in [0, 0.1) is 11.3 Å². The van der Waals surface area contributed by atoms with Gasteiger partial charge in [-0.1, -0.05) is 0 Å². The van der Waals surface area contributed by atoms with Gasteiger partial charge in [-0.25, -0.2) is 0 Å². The van der Waals surface area contributed by atoms with Crippen LogP contribution in [0.5, 0.6) is 0 Å². The van der Waals surface area contributed by atoms with Gasteiger partial charge in [-0.2, -0.15) is 8.42 Å². The molecule has 1 heterocycles. The molecule has 1 saturated heterocycles. The van der Waals surface area contributed by atoms with E-state index in [1.165, 1.54) is 0 Å². The Balaban J connectivity index is 2.52. The van der Waals surface area contributed by atoms with E-state index in [1.807, 2.05) is 20.8 Å². The van der Waals surface area contributed by atoms with Gasteiger partial charge in [0.05, 0.1) is 18.3 Å². The highest BCUT2D eigenvalue weighted by molar-refractivity contribution is 7.85. The molecule has 1 aliphatic heterocycles. The quantitative estimate of drug-likeness (QED) is 0.601. The van der Waals surface area contributed by atoms with Gasteiger partial charge in [0, 0.05) is 12.5 Å². The fourth-order valence-electron chi connectivity index (χ4n) is 2.01. The zero-order valence-electron chi connectivity index (χ0n) is 12.6. The molecule has 0 aliphatic carbocycles. The van der Waals surface area contributed by atoms with Crippen LogP contribution in [0.1, 0.15) is 33.6 Å². The van der Waals surface area contributed by atoms with E-state index < -0.39 is 15.5 Å². The van der Waals surface area contributed by atoms with Crippen LogP contribution in [0.3, 0.4) is 0 Å². The summed E-state index contributed by atoms with van der Waals surface area (Å²) in [4.78, 5) is 11.9. The maximum Gasteiger partial charge on any atom is 0.311 e. The lowest BCUT2D eigenvalue weighted by molar-refractivity contribution is -0.163. The minimum absolute atomic E-state index is 0.0804. The predicted molar refractivity (Wildman–Crippen MR) is 75.7 cm³/mol. The molecule has 6 nitrogen and oxygen atoms in total. The number of carbonyl (C=O) groups is 1. The molecule has 0 amide bonds. The smallest absolute Gasteiger partial charge is 0.311 e. The molecule has 2 atom stereocenters. The summed E-state index contributed by atoms with van der Waals surface area (Å²) in [6, 6.07) is 0. The molecule has 0 aromatic heterocycles. The van der Waals surface area contributed by atoms with Gasteiger partial charge in [0.1, 0.15) is 6.10 Å². The Hall–Kier alpha value is -0.660. The van der Waals surface area contributed by atoms with Gasteiger partial charge in [-0.15, -0.1) is 0 Å². The summed E-state index contributed by atoms with van der Waals surface area (Å²) in [6.45, 7) is 7.07. The largest absolute Gasteiger partial charge is 0.462 e. The van der Waals surface area contributed by atoms with E-state index in [0.717, 1.165) is 19.2 Å². The van der Waals surface area contributed by atoms with Crippen LogP contribution in [0.25, 0.3) is 0 Å². The number of hydrogen-bond acceptors (Lipinski definition) is 6. The van der Waals surface area contributed by atoms with Crippen molar-refractivity contribution in [2.24, 2.45) is 11.3 Å². The third-order valence-electron chi connectivity index (χ3n) is 3.19. The first-order chi connectivity index (χ1) is 9.09. The molecule has 0 aromatic carbocycles. The van der Waals surface area contributed by atoms with E-state index in [9.17, 15) is 13.2 Å². The first-order valence-electron chi connectivity index (χ1n) is 6.86. The fourth-order valence-corrected chi connectivity index (χ4v) is 2.41. The van der Waals surface area contributed by atoms with Crippen molar-refractivity contribution in [2.45, 2.75) is 39.7 Å². The van der Waals surface area contributed by atoms with Crippen molar-refractivity contribution in [2.75, 3.05) is 26.0 Å². The molecule has 1 fully saturated rings. The Bertz CT molecular complexity index is 427. The van der Waals surface area contributed by atoms with Crippen molar-refractivity contribution in [1.29, 1.82) is 0 Å². The highest BCUT2D eigenvalue weighted by atomic mass is 32.2. The topological polar surface area (TPSA) is 81.7 Å². The molecule has 0 bridgehead atoms. The number of ether oxygens (including phenoxy) is 1. The Labute approximate surface area is 121 Å². The van der Waals surface area contributed by atoms with E-state index in [4.69, 9.17) is 8.92 Å². The molecular weight excluding hydrogens is 282 g/mol. The second-order valence-corrected chi connectivity index (χ2v) is 7.91. The second-order valence-electron chi connectivity index (χ2n) is 6.26. The minimum Gasteiger partial charge on any atom is -0.462 e. The lowest BCUT2D eigenvalue weighted by Crippen LogP contribution is -2.44. The lowest BCUT2D eigenvalue weighted by atomic mass is 9.92. The average Bonchev–Trinajstić information content (AvgIpc) is 2.28. The normalized spacial score (nSPS) is 24.4. The molecule has 118 valence electrons. The van der Waals surface area contributed by atoms with Gasteiger partial charge in [-0.3, -0.25) is 8.98 Å². The molecule has 20 heavy (non-hydrogen) atoms. The third-order valence-corrected chi connectivity index (χ3v) is 3.79. The molecule has 0 aromatic rings. The summed E-state index contributed by atoms with van der Waals surface area (Å²) in [6.07, 6.45) is 2.14. The van der Waals surface area contributed by atoms with Crippen molar-refractivity contribution in [3.63, 3.8) is 0 Å². The SMILES string of the molecule is CC(C)(C)C(=O)OC1CCNCC1CCOS(C)(=O)=O. The maximum absolute atomic E-state index is 11.9. The summed E-state index contributed by atoms with van der Waals surface area (Å²) < 4.78 is 32.2. The van der Waals surface area contributed by atoms with Crippen LogP contribution in [0.15, 0.2) is 0 Å². The number of rotatable bonds is 5.